The third-order valence-electron chi connectivity index (χ3n) is 3.33. The van der Waals surface area contributed by atoms with Crippen LogP contribution < -0.4 is 5.32 Å². The molecule has 1 aliphatic carbocycles. The third-order valence-corrected chi connectivity index (χ3v) is 3.33. The first-order valence-electron chi connectivity index (χ1n) is 6.17. The van der Waals surface area contributed by atoms with Gasteiger partial charge in [-0.1, -0.05) is 0 Å². The van der Waals surface area contributed by atoms with Gasteiger partial charge in [0.25, 0.3) is 0 Å². The molecule has 1 saturated carbocycles. The number of hydrogen-bond donors (Lipinski definition) is 2. The number of nitrogens with zero attached hydrogens (tertiary/aromatic N) is 2. The summed E-state index contributed by atoms with van der Waals surface area (Å²) in [5, 5.41) is 17.4. The minimum absolute atomic E-state index is 0.146. The molecule has 90 valence electrons. The standard InChI is InChI=1S/C12H21N3O/c1-10(6-9-15-8-3-7-13-15)14-11-4-2-5-12(11)16/h3,7-8,10-12,14,16H,2,4-6,9H2,1H3. The molecule has 1 heterocycles. The Morgan fingerprint density at radius 1 is 1.56 bits per heavy atom. The van der Waals surface area contributed by atoms with Gasteiger partial charge in [-0.2, -0.15) is 5.10 Å². The van der Waals surface area contributed by atoms with Crippen LogP contribution in [0.3, 0.4) is 0 Å². The van der Waals surface area contributed by atoms with Gasteiger partial charge in [0, 0.05) is 31.0 Å². The first-order chi connectivity index (χ1) is 7.75. The maximum Gasteiger partial charge on any atom is 0.0693 e. The fraction of sp³-hybridized carbons (Fsp3) is 0.750. The van der Waals surface area contributed by atoms with Crippen molar-refractivity contribution in [3.63, 3.8) is 0 Å². The lowest BCUT2D eigenvalue weighted by Gasteiger charge is -2.22. The molecule has 0 saturated heterocycles. The zero-order chi connectivity index (χ0) is 11.4. The predicted octanol–water partition coefficient (Wildman–Crippen LogP) is 1.16. The summed E-state index contributed by atoms with van der Waals surface area (Å²) in [7, 11) is 0. The van der Waals surface area contributed by atoms with Crippen molar-refractivity contribution in [3.8, 4) is 0 Å². The Balaban J connectivity index is 1.70. The van der Waals surface area contributed by atoms with Crippen LogP contribution in [0, 0.1) is 0 Å². The monoisotopic (exact) mass is 223 g/mol. The van der Waals surface area contributed by atoms with Crippen molar-refractivity contribution in [1.29, 1.82) is 0 Å². The lowest BCUT2D eigenvalue weighted by Crippen LogP contribution is -2.41. The molecule has 2 N–H and O–H groups in total. The molecule has 3 unspecified atom stereocenters. The fourth-order valence-corrected chi connectivity index (χ4v) is 2.34. The fourth-order valence-electron chi connectivity index (χ4n) is 2.34. The van der Waals surface area contributed by atoms with Crippen LogP contribution in [0.2, 0.25) is 0 Å². The molecule has 4 nitrogen and oxygen atoms in total. The maximum atomic E-state index is 9.71. The first kappa shape index (κ1) is 11.6. The van der Waals surface area contributed by atoms with E-state index in [1.165, 1.54) is 0 Å². The van der Waals surface area contributed by atoms with Crippen molar-refractivity contribution < 1.29 is 5.11 Å². The second kappa shape index (κ2) is 5.46. The van der Waals surface area contributed by atoms with Crippen LogP contribution in [0.1, 0.15) is 32.6 Å². The van der Waals surface area contributed by atoms with Gasteiger partial charge < -0.3 is 10.4 Å². The number of aromatic nitrogens is 2. The van der Waals surface area contributed by atoms with E-state index in [1.807, 2.05) is 16.9 Å². The Hall–Kier alpha value is -0.870. The smallest absolute Gasteiger partial charge is 0.0693 e. The quantitative estimate of drug-likeness (QED) is 0.787. The molecular formula is C12H21N3O. The number of nitrogens with one attached hydrogen (secondary N) is 1. The molecular weight excluding hydrogens is 202 g/mol. The Morgan fingerprint density at radius 2 is 2.44 bits per heavy atom. The van der Waals surface area contributed by atoms with Crippen molar-refractivity contribution in [1.82, 2.24) is 15.1 Å². The van der Waals surface area contributed by atoms with Crippen LogP contribution in [0.15, 0.2) is 18.5 Å². The van der Waals surface area contributed by atoms with E-state index in [1.54, 1.807) is 6.20 Å². The molecule has 1 aromatic rings. The van der Waals surface area contributed by atoms with Crippen LogP contribution >= 0.6 is 0 Å². The Kier molecular flexibility index (Phi) is 3.96. The lowest BCUT2D eigenvalue weighted by molar-refractivity contribution is 0.142. The van der Waals surface area contributed by atoms with E-state index in [-0.39, 0.29) is 6.10 Å². The highest BCUT2D eigenvalue weighted by atomic mass is 16.3. The van der Waals surface area contributed by atoms with Gasteiger partial charge in [0.05, 0.1) is 6.10 Å². The number of hydrogen-bond acceptors (Lipinski definition) is 3. The number of aryl methyl sites for hydroxylation is 1. The summed E-state index contributed by atoms with van der Waals surface area (Å²) in [6, 6.07) is 2.67. The van der Waals surface area contributed by atoms with E-state index in [0.717, 1.165) is 32.2 Å². The van der Waals surface area contributed by atoms with E-state index in [9.17, 15) is 5.11 Å². The third kappa shape index (κ3) is 3.06. The Labute approximate surface area is 96.7 Å². The van der Waals surface area contributed by atoms with Crippen molar-refractivity contribution >= 4 is 0 Å². The molecule has 1 fully saturated rings. The first-order valence-corrected chi connectivity index (χ1v) is 6.17. The molecule has 0 bridgehead atoms. The summed E-state index contributed by atoms with van der Waals surface area (Å²) in [4.78, 5) is 0. The van der Waals surface area contributed by atoms with E-state index < -0.39 is 0 Å². The molecule has 1 aliphatic rings. The van der Waals surface area contributed by atoms with Crippen molar-refractivity contribution in [2.75, 3.05) is 0 Å². The van der Waals surface area contributed by atoms with E-state index >= 15 is 0 Å². The summed E-state index contributed by atoms with van der Waals surface area (Å²) in [6.45, 7) is 3.11. The number of rotatable bonds is 5. The number of aliphatic hydroxyl groups excluding tert-OH is 1. The lowest BCUT2D eigenvalue weighted by atomic mass is 10.1. The Bertz CT molecular complexity index is 299. The highest BCUT2D eigenvalue weighted by Gasteiger charge is 2.25. The minimum atomic E-state index is -0.146. The van der Waals surface area contributed by atoms with Crippen molar-refractivity contribution in [2.45, 2.75) is 57.3 Å². The zero-order valence-corrected chi connectivity index (χ0v) is 9.84. The highest BCUT2D eigenvalue weighted by Crippen LogP contribution is 2.19. The molecule has 4 heteroatoms. The van der Waals surface area contributed by atoms with E-state index in [4.69, 9.17) is 0 Å². The zero-order valence-electron chi connectivity index (χ0n) is 9.84. The van der Waals surface area contributed by atoms with Gasteiger partial charge in [0.15, 0.2) is 0 Å². The highest BCUT2D eigenvalue weighted by molar-refractivity contribution is 4.84. The summed E-state index contributed by atoms with van der Waals surface area (Å²) in [6.07, 6.45) is 7.88. The van der Waals surface area contributed by atoms with E-state index in [0.29, 0.717) is 12.1 Å². The molecule has 0 amide bonds. The van der Waals surface area contributed by atoms with Crippen LogP contribution in [0.5, 0.6) is 0 Å². The molecule has 0 spiro atoms. The minimum Gasteiger partial charge on any atom is -0.392 e. The maximum absolute atomic E-state index is 9.71. The van der Waals surface area contributed by atoms with Gasteiger partial charge in [-0.25, -0.2) is 0 Å². The molecule has 16 heavy (non-hydrogen) atoms. The SMILES string of the molecule is CC(CCn1cccn1)NC1CCCC1O. The summed E-state index contributed by atoms with van der Waals surface area (Å²) in [5.41, 5.74) is 0. The van der Waals surface area contributed by atoms with Gasteiger partial charge in [-0.3, -0.25) is 4.68 Å². The summed E-state index contributed by atoms with van der Waals surface area (Å²) < 4.78 is 1.95. The summed E-state index contributed by atoms with van der Waals surface area (Å²) >= 11 is 0. The topological polar surface area (TPSA) is 50.1 Å². The van der Waals surface area contributed by atoms with Crippen LogP contribution in [0.4, 0.5) is 0 Å². The van der Waals surface area contributed by atoms with Gasteiger partial charge in [-0.05, 0) is 38.7 Å². The van der Waals surface area contributed by atoms with Crippen LogP contribution in [-0.4, -0.2) is 33.1 Å². The van der Waals surface area contributed by atoms with Gasteiger partial charge >= 0.3 is 0 Å². The molecule has 0 aromatic carbocycles. The van der Waals surface area contributed by atoms with E-state index in [2.05, 4.69) is 17.3 Å². The normalized spacial score (nSPS) is 27.1. The van der Waals surface area contributed by atoms with Crippen molar-refractivity contribution in [2.24, 2.45) is 0 Å². The van der Waals surface area contributed by atoms with Crippen molar-refractivity contribution in [3.05, 3.63) is 18.5 Å². The van der Waals surface area contributed by atoms with Gasteiger partial charge in [0.2, 0.25) is 0 Å². The predicted molar refractivity (Wildman–Crippen MR) is 63.1 cm³/mol. The molecule has 0 aliphatic heterocycles. The summed E-state index contributed by atoms with van der Waals surface area (Å²) in [5.74, 6) is 0. The Morgan fingerprint density at radius 3 is 3.06 bits per heavy atom. The number of aliphatic hydroxyl groups is 1. The average molecular weight is 223 g/mol. The largest absolute Gasteiger partial charge is 0.392 e. The second-order valence-electron chi connectivity index (χ2n) is 4.73. The molecule has 3 atom stereocenters. The second-order valence-corrected chi connectivity index (χ2v) is 4.73. The average Bonchev–Trinajstić information content (AvgIpc) is 2.88. The van der Waals surface area contributed by atoms with Gasteiger partial charge in [0.1, 0.15) is 0 Å². The molecule has 2 rings (SSSR count). The van der Waals surface area contributed by atoms with Crippen LogP contribution in [0.25, 0.3) is 0 Å². The van der Waals surface area contributed by atoms with Crippen LogP contribution in [-0.2, 0) is 6.54 Å². The van der Waals surface area contributed by atoms with Gasteiger partial charge in [-0.15, -0.1) is 0 Å². The molecule has 0 radical (unpaired) electrons. The molecule has 1 aromatic heterocycles.